The Morgan fingerprint density at radius 2 is 2.00 bits per heavy atom. The fourth-order valence-corrected chi connectivity index (χ4v) is 2.41. The number of aliphatic hydroxyl groups excluding tert-OH is 1. The van der Waals surface area contributed by atoms with Crippen LogP contribution in [-0.4, -0.2) is 42.4 Å². The molecule has 18 heavy (non-hydrogen) atoms. The fourth-order valence-electron chi connectivity index (χ4n) is 2.41. The van der Waals surface area contributed by atoms with Gasteiger partial charge in [-0.2, -0.15) is 0 Å². The standard InChI is InChI=1S/C15H17NO2/c17-15-6-5-12-3-1-2-4-13(12)14(15)11-16-7-9-18-10-8-16/h1-6,11,15,17H,7-10H2. The summed E-state index contributed by atoms with van der Waals surface area (Å²) in [6, 6.07) is 8.17. The van der Waals surface area contributed by atoms with E-state index < -0.39 is 6.10 Å². The van der Waals surface area contributed by atoms with Gasteiger partial charge in [0.25, 0.3) is 0 Å². The quantitative estimate of drug-likeness (QED) is 0.815. The van der Waals surface area contributed by atoms with Crippen molar-refractivity contribution in [1.82, 2.24) is 4.90 Å². The molecule has 2 aliphatic rings. The number of hydrogen-bond acceptors (Lipinski definition) is 3. The monoisotopic (exact) mass is 243 g/mol. The minimum Gasteiger partial charge on any atom is -0.384 e. The summed E-state index contributed by atoms with van der Waals surface area (Å²) in [4.78, 5) is 2.22. The Balaban J connectivity index is 1.94. The Morgan fingerprint density at radius 3 is 2.83 bits per heavy atom. The minimum atomic E-state index is -0.511. The average molecular weight is 243 g/mol. The molecule has 0 aromatic heterocycles. The molecule has 1 aliphatic heterocycles. The maximum absolute atomic E-state index is 10.1. The van der Waals surface area contributed by atoms with Crippen molar-refractivity contribution in [3.63, 3.8) is 0 Å². The van der Waals surface area contributed by atoms with Crippen LogP contribution < -0.4 is 0 Å². The van der Waals surface area contributed by atoms with E-state index >= 15 is 0 Å². The molecule has 1 aromatic carbocycles. The summed E-state index contributed by atoms with van der Waals surface area (Å²) in [7, 11) is 0. The summed E-state index contributed by atoms with van der Waals surface area (Å²) >= 11 is 0. The molecule has 1 saturated heterocycles. The van der Waals surface area contributed by atoms with Gasteiger partial charge < -0.3 is 14.7 Å². The van der Waals surface area contributed by atoms with Crippen LogP contribution in [0.1, 0.15) is 11.1 Å². The largest absolute Gasteiger partial charge is 0.384 e. The number of fused-ring (bicyclic) bond motifs is 1. The van der Waals surface area contributed by atoms with Gasteiger partial charge in [0.1, 0.15) is 0 Å². The summed E-state index contributed by atoms with van der Waals surface area (Å²) < 4.78 is 5.34. The second-order valence-corrected chi connectivity index (χ2v) is 4.62. The van der Waals surface area contributed by atoms with Crippen LogP contribution in [0.5, 0.6) is 0 Å². The van der Waals surface area contributed by atoms with Crippen molar-refractivity contribution in [2.75, 3.05) is 26.3 Å². The topological polar surface area (TPSA) is 32.7 Å². The summed E-state index contributed by atoms with van der Waals surface area (Å²) in [6.07, 6.45) is 5.39. The highest BCUT2D eigenvalue weighted by Gasteiger charge is 2.19. The lowest BCUT2D eigenvalue weighted by molar-refractivity contribution is 0.0593. The molecule has 94 valence electrons. The highest BCUT2D eigenvalue weighted by Crippen LogP contribution is 2.29. The van der Waals surface area contributed by atoms with Crippen LogP contribution in [0.15, 0.2) is 36.5 Å². The molecule has 3 heteroatoms. The van der Waals surface area contributed by atoms with Crippen LogP contribution in [-0.2, 0) is 4.74 Å². The van der Waals surface area contributed by atoms with Crippen LogP contribution in [0.3, 0.4) is 0 Å². The molecule has 1 unspecified atom stereocenters. The minimum absolute atomic E-state index is 0.511. The molecule has 1 fully saturated rings. The number of nitrogens with zero attached hydrogens (tertiary/aromatic N) is 1. The Morgan fingerprint density at radius 1 is 1.22 bits per heavy atom. The van der Waals surface area contributed by atoms with Crippen LogP contribution >= 0.6 is 0 Å². The molecule has 1 heterocycles. The molecule has 0 radical (unpaired) electrons. The zero-order valence-electron chi connectivity index (χ0n) is 10.2. The van der Waals surface area contributed by atoms with Crippen LogP contribution in [0, 0.1) is 0 Å². The molecule has 0 amide bonds. The number of aliphatic hydroxyl groups is 1. The van der Waals surface area contributed by atoms with E-state index in [1.165, 1.54) is 5.56 Å². The molecule has 0 saturated carbocycles. The lowest BCUT2D eigenvalue weighted by Gasteiger charge is -2.28. The molecular weight excluding hydrogens is 226 g/mol. The molecule has 1 atom stereocenters. The first-order valence-corrected chi connectivity index (χ1v) is 6.34. The van der Waals surface area contributed by atoms with Gasteiger partial charge in [-0.1, -0.05) is 36.4 Å². The molecule has 0 bridgehead atoms. The third-order valence-electron chi connectivity index (χ3n) is 3.42. The Labute approximate surface area is 107 Å². The van der Waals surface area contributed by atoms with Crippen molar-refractivity contribution in [2.24, 2.45) is 0 Å². The summed E-state index contributed by atoms with van der Waals surface area (Å²) in [5, 5.41) is 10.1. The number of ether oxygens (including phenoxy) is 1. The van der Waals surface area contributed by atoms with Crippen molar-refractivity contribution in [2.45, 2.75) is 6.10 Å². The van der Waals surface area contributed by atoms with E-state index in [0.29, 0.717) is 0 Å². The van der Waals surface area contributed by atoms with Crippen LogP contribution in [0.25, 0.3) is 11.6 Å². The van der Waals surface area contributed by atoms with Gasteiger partial charge in [-0.05, 0) is 11.1 Å². The van der Waals surface area contributed by atoms with Gasteiger partial charge in [-0.3, -0.25) is 0 Å². The summed E-state index contributed by atoms with van der Waals surface area (Å²) in [5.41, 5.74) is 3.27. The highest BCUT2D eigenvalue weighted by molar-refractivity contribution is 5.81. The third kappa shape index (κ3) is 2.19. The Bertz CT molecular complexity index is 487. The van der Waals surface area contributed by atoms with Crippen LogP contribution in [0.4, 0.5) is 0 Å². The zero-order valence-corrected chi connectivity index (χ0v) is 10.2. The number of morpholine rings is 1. The normalized spacial score (nSPS) is 25.3. The van der Waals surface area contributed by atoms with Gasteiger partial charge in [-0.25, -0.2) is 0 Å². The van der Waals surface area contributed by atoms with Crippen molar-refractivity contribution in [3.8, 4) is 0 Å². The number of rotatable bonds is 1. The predicted octanol–water partition coefficient (Wildman–Crippen LogP) is 1.75. The Hall–Kier alpha value is -1.58. The molecule has 1 aliphatic carbocycles. The SMILES string of the molecule is OC1C=Cc2ccccc2C1=CN1CCOCC1. The summed E-state index contributed by atoms with van der Waals surface area (Å²) in [5.74, 6) is 0. The van der Waals surface area contributed by atoms with Crippen LogP contribution in [0.2, 0.25) is 0 Å². The molecule has 1 aromatic rings. The van der Waals surface area contributed by atoms with Gasteiger partial charge in [0.15, 0.2) is 0 Å². The lowest BCUT2D eigenvalue weighted by atomic mass is 9.91. The smallest absolute Gasteiger partial charge is 0.0995 e. The second-order valence-electron chi connectivity index (χ2n) is 4.62. The van der Waals surface area contributed by atoms with Crippen molar-refractivity contribution in [1.29, 1.82) is 0 Å². The predicted molar refractivity (Wildman–Crippen MR) is 71.9 cm³/mol. The van der Waals surface area contributed by atoms with E-state index in [-0.39, 0.29) is 0 Å². The maximum atomic E-state index is 10.1. The Kier molecular flexibility index (Phi) is 3.17. The van der Waals surface area contributed by atoms with Gasteiger partial charge in [0.2, 0.25) is 0 Å². The van der Waals surface area contributed by atoms with E-state index in [1.807, 2.05) is 24.3 Å². The molecule has 0 spiro atoms. The highest BCUT2D eigenvalue weighted by atomic mass is 16.5. The van der Waals surface area contributed by atoms with E-state index in [4.69, 9.17) is 4.74 Å². The van der Waals surface area contributed by atoms with E-state index in [0.717, 1.165) is 37.4 Å². The number of hydrogen-bond donors (Lipinski definition) is 1. The first-order chi connectivity index (χ1) is 8.84. The van der Waals surface area contributed by atoms with Crippen molar-refractivity contribution < 1.29 is 9.84 Å². The van der Waals surface area contributed by atoms with Gasteiger partial charge in [-0.15, -0.1) is 0 Å². The summed E-state index contributed by atoms with van der Waals surface area (Å²) in [6.45, 7) is 3.30. The molecular formula is C15H17NO2. The second kappa shape index (κ2) is 4.96. The number of benzene rings is 1. The fraction of sp³-hybridized carbons (Fsp3) is 0.333. The molecule has 3 nitrogen and oxygen atoms in total. The van der Waals surface area contributed by atoms with Gasteiger partial charge in [0.05, 0.1) is 19.3 Å². The first kappa shape index (κ1) is 11.5. The van der Waals surface area contributed by atoms with Gasteiger partial charge >= 0.3 is 0 Å². The van der Waals surface area contributed by atoms with E-state index in [2.05, 4.69) is 23.2 Å². The van der Waals surface area contributed by atoms with Crippen molar-refractivity contribution in [3.05, 3.63) is 47.7 Å². The van der Waals surface area contributed by atoms with E-state index in [9.17, 15) is 5.11 Å². The zero-order chi connectivity index (χ0) is 12.4. The molecule has 1 N–H and O–H groups in total. The van der Waals surface area contributed by atoms with E-state index in [1.54, 1.807) is 0 Å². The first-order valence-electron chi connectivity index (χ1n) is 6.34. The maximum Gasteiger partial charge on any atom is 0.0995 e. The lowest BCUT2D eigenvalue weighted by Crippen LogP contribution is -2.33. The van der Waals surface area contributed by atoms with Gasteiger partial charge in [0, 0.05) is 24.9 Å². The third-order valence-corrected chi connectivity index (χ3v) is 3.42. The average Bonchev–Trinajstić information content (AvgIpc) is 2.43. The van der Waals surface area contributed by atoms with Crippen molar-refractivity contribution >= 4 is 11.6 Å². The molecule has 3 rings (SSSR count).